The number of hydrogen-bond donors (Lipinski definition) is 2. The maximum atomic E-state index is 11.9. The quantitative estimate of drug-likeness (QED) is 0.594. The van der Waals surface area contributed by atoms with E-state index in [0.29, 0.717) is 11.3 Å². The minimum Gasteiger partial charge on any atom is -0.389 e. The first-order valence-electron chi connectivity index (χ1n) is 6.61. The van der Waals surface area contributed by atoms with E-state index >= 15 is 0 Å². The van der Waals surface area contributed by atoms with E-state index in [0.717, 1.165) is 12.8 Å². The minimum absolute atomic E-state index is 0.154. The molecule has 0 aliphatic heterocycles. The number of nitrogens with zero attached hydrogens (tertiary/aromatic N) is 1. The molecule has 1 heterocycles. The zero-order valence-corrected chi connectivity index (χ0v) is 12.3. The Hall–Kier alpha value is -1.49. The summed E-state index contributed by atoms with van der Waals surface area (Å²) in [6, 6.07) is 3.52. The molecule has 1 unspecified atom stereocenters. The number of aromatic nitrogens is 1. The molecule has 1 atom stereocenters. The van der Waals surface area contributed by atoms with Crippen molar-refractivity contribution in [3.63, 3.8) is 0 Å². The number of hydrogen-bond acceptors (Lipinski definition) is 3. The molecule has 0 aliphatic carbocycles. The van der Waals surface area contributed by atoms with E-state index in [1.165, 1.54) is 19.0 Å². The fourth-order valence-corrected chi connectivity index (χ4v) is 1.87. The van der Waals surface area contributed by atoms with E-state index in [-0.39, 0.29) is 16.9 Å². The second-order valence-corrected chi connectivity index (χ2v) is 5.11. The Kier molecular flexibility index (Phi) is 6.42. The predicted octanol–water partition coefficient (Wildman–Crippen LogP) is 2.41. The normalized spacial score (nSPS) is 11.9. The van der Waals surface area contributed by atoms with E-state index in [1.54, 1.807) is 12.1 Å². The van der Waals surface area contributed by atoms with Crippen molar-refractivity contribution in [3.8, 4) is 0 Å². The van der Waals surface area contributed by atoms with Crippen LogP contribution >= 0.6 is 12.2 Å². The van der Waals surface area contributed by atoms with Crippen LogP contribution in [0.3, 0.4) is 0 Å². The molecular weight excluding hydrogens is 258 g/mol. The number of carbonyl (C=O) groups is 1. The van der Waals surface area contributed by atoms with E-state index in [1.807, 2.05) is 6.92 Å². The van der Waals surface area contributed by atoms with Crippen molar-refractivity contribution >= 4 is 23.1 Å². The van der Waals surface area contributed by atoms with E-state index in [2.05, 4.69) is 17.2 Å². The topological polar surface area (TPSA) is 68.0 Å². The summed E-state index contributed by atoms with van der Waals surface area (Å²) in [5, 5.41) is 2.94. The highest BCUT2D eigenvalue weighted by molar-refractivity contribution is 7.80. The summed E-state index contributed by atoms with van der Waals surface area (Å²) >= 11 is 4.84. The lowest BCUT2D eigenvalue weighted by atomic mass is 10.1. The molecule has 0 aliphatic rings. The standard InChI is InChI=1S/C14H21N3OS/c1-3-4-5-6-10(2)17-14(18)12-8-7-11(9-16-12)13(15)19/h7-10H,3-6H2,1-2H3,(H2,15,19)(H,17,18). The molecular formula is C14H21N3OS. The Labute approximate surface area is 119 Å². The number of nitrogens with two attached hydrogens (primary N) is 1. The molecule has 0 radical (unpaired) electrons. The summed E-state index contributed by atoms with van der Waals surface area (Å²) in [6.07, 6.45) is 6.03. The number of unbranched alkanes of at least 4 members (excludes halogenated alkanes) is 2. The summed E-state index contributed by atoms with van der Waals surface area (Å²) in [6.45, 7) is 4.17. The molecule has 1 amide bonds. The first-order chi connectivity index (χ1) is 9.04. The molecule has 0 saturated heterocycles. The van der Waals surface area contributed by atoms with Gasteiger partial charge >= 0.3 is 0 Å². The molecule has 3 N–H and O–H groups in total. The highest BCUT2D eigenvalue weighted by atomic mass is 32.1. The van der Waals surface area contributed by atoms with Gasteiger partial charge in [0.05, 0.1) is 0 Å². The molecule has 0 saturated carbocycles. The smallest absolute Gasteiger partial charge is 0.270 e. The second-order valence-electron chi connectivity index (χ2n) is 4.67. The number of carbonyl (C=O) groups excluding carboxylic acids is 1. The molecule has 4 nitrogen and oxygen atoms in total. The van der Waals surface area contributed by atoms with E-state index < -0.39 is 0 Å². The van der Waals surface area contributed by atoms with Gasteiger partial charge < -0.3 is 11.1 Å². The summed E-state index contributed by atoms with van der Waals surface area (Å²) in [5.74, 6) is -0.154. The average Bonchev–Trinajstić information content (AvgIpc) is 2.39. The van der Waals surface area contributed by atoms with Gasteiger partial charge in [0, 0.05) is 17.8 Å². The summed E-state index contributed by atoms with van der Waals surface area (Å²) in [5.41, 5.74) is 6.54. The third-order valence-corrected chi connectivity index (χ3v) is 3.13. The zero-order chi connectivity index (χ0) is 14.3. The molecule has 0 spiro atoms. The number of thiocarbonyl (C=S) groups is 1. The fourth-order valence-electron chi connectivity index (χ4n) is 1.74. The van der Waals surface area contributed by atoms with Gasteiger partial charge in [0.1, 0.15) is 10.7 Å². The Morgan fingerprint density at radius 1 is 1.47 bits per heavy atom. The van der Waals surface area contributed by atoms with Crippen LogP contribution in [0.15, 0.2) is 18.3 Å². The number of pyridine rings is 1. The number of rotatable bonds is 7. The summed E-state index contributed by atoms with van der Waals surface area (Å²) in [4.78, 5) is 16.3. The molecule has 0 aromatic carbocycles. The number of amides is 1. The van der Waals surface area contributed by atoms with Crippen LogP contribution in [0.4, 0.5) is 0 Å². The predicted molar refractivity (Wildman–Crippen MR) is 81.2 cm³/mol. The van der Waals surface area contributed by atoms with Crippen molar-refractivity contribution in [2.24, 2.45) is 5.73 Å². The first-order valence-corrected chi connectivity index (χ1v) is 7.02. The molecule has 1 aromatic rings. The highest BCUT2D eigenvalue weighted by Crippen LogP contribution is 2.05. The monoisotopic (exact) mass is 279 g/mol. The van der Waals surface area contributed by atoms with E-state index in [4.69, 9.17) is 18.0 Å². The van der Waals surface area contributed by atoms with Crippen LogP contribution < -0.4 is 11.1 Å². The van der Waals surface area contributed by atoms with Gasteiger partial charge in [-0.05, 0) is 25.5 Å². The van der Waals surface area contributed by atoms with Gasteiger partial charge in [0.2, 0.25) is 0 Å². The van der Waals surface area contributed by atoms with Crippen LogP contribution in [0, 0.1) is 0 Å². The Morgan fingerprint density at radius 3 is 2.74 bits per heavy atom. The third-order valence-electron chi connectivity index (χ3n) is 2.90. The Bertz CT molecular complexity index is 431. The lowest BCUT2D eigenvalue weighted by molar-refractivity contribution is 0.0933. The van der Waals surface area contributed by atoms with Gasteiger partial charge in [-0.15, -0.1) is 0 Å². The van der Waals surface area contributed by atoms with Crippen molar-refractivity contribution in [1.29, 1.82) is 0 Å². The van der Waals surface area contributed by atoms with Crippen molar-refractivity contribution < 1.29 is 4.79 Å². The fraction of sp³-hybridized carbons (Fsp3) is 0.500. The van der Waals surface area contributed by atoms with Gasteiger partial charge in [0.25, 0.3) is 5.91 Å². The lowest BCUT2D eigenvalue weighted by Crippen LogP contribution is -2.33. The Morgan fingerprint density at radius 2 is 2.21 bits per heavy atom. The average molecular weight is 279 g/mol. The zero-order valence-electron chi connectivity index (χ0n) is 11.5. The summed E-state index contributed by atoms with van der Waals surface area (Å²) in [7, 11) is 0. The van der Waals surface area contributed by atoms with Crippen molar-refractivity contribution in [1.82, 2.24) is 10.3 Å². The molecule has 104 valence electrons. The van der Waals surface area contributed by atoms with Crippen molar-refractivity contribution in [3.05, 3.63) is 29.6 Å². The Balaban J connectivity index is 2.51. The number of nitrogens with one attached hydrogen (secondary N) is 1. The molecule has 5 heteroatoms. The van der Waals surface area contributed by atoms with Gasteiger partial charge in [-0.3, -0.25) is 9.78 Å². The van der Waals surface area contributed by atoms with Crippen LogP contribution in [0.5, 0.6) is 0 Å². The molecule has 0 fully saturated rings. The highest BCUT2D eigenvalue weighted by Gasteiger charge is 2.11. The van der Waals surface area contributed by atoms with Gasteiger partial charge in [-0.1, -0.05) is 38.4 Å². The van der Waals surface area contributed by atoms with Crippen LogP contribution in [-0.2, 0) is 0 Å². The second kappa shape index (κ2) is 7.84. The van der Waals surface area contributed by atoms with Crippen LogP contribution in [0.2, 0.25) is 0 Å². The maximum absolute atomic E-state index is 11.9. The third kappa shape index (κ3) is 5.34. The van der Waals surface area contributed by atoms with Gasteiger partial charge in [-0.2, -0.15) is 0 Å². The first kappa shape index (κ1) is 15.6. The lowest BCUT2D eigenvalue weighted by Gasteiger charge is -2.13. The van der Waals surface area contributed by atoms with Gasteiger partial charge in [-0.25, -0.2) is 0 Å². The van der Waals surface area contributed by atoms with E-state index in [9.17, 15) is 4.79 Å². The van der Waals surface area contributed by atoms with Crippen LogP contribution in [0.25, 0.3) is 0 Å². The van der Waals surface area contributed by atoms with Gasteiger partial charge in [0.15, 0.2) is 0 Å². The molecule has 1 rings (SSSR count). The van der Waals surface area contributed by atoms with Crippen molar-refractivity contribution in [2.75, 3.05) is 0 Å². The summed E-state index contributed by atoms with van der Waals surface area (Å²) < 4.78 is 0. The minimum atomic E-state index is -0.154. The maximum Gasteiger partial charge on any atom is 0.270 e. The molecule has 0 bridgehead atoms. The SMILES string of the molecule is CCCCCC(C)NC(=O)c1ccc(C(N)=S)cn1. The molecule has 19 heavy (non-hydrogen) atoms. The molecule has 1 aromatic heterocycles. The van der Waals surface area contributed by atoms with Crippen LogP contribution in [-0.4, -0.2) is 21.9 Å². The largest absolute Gasteiger partial charge is 0.389 e. The van der Waals surface area contributed by atoms with Crippen LogP contribution in [0.1, 0.15) is 55.6 Å². The van der Waals surface area contributed by atoms with Crippen molar-refractivity contribution in [2.45, 2.75) is 45.6 Å².